The number of benzene rings is 1. The van der Waals surface area contributed by atoms with Gasteiger partial charge < -0.3 is 10.6 Å². The van der Waals surface area contributed by atoms with E-state index in [2.05, 4.69) is 20.3 Å². The lowest BCUT2D eigenvalue weighted by Gasteiger charge is -2.15. The molecule has 0 bridgehead atoms. The van der Waals surface area contributed by atoms with Crippen molar-refractivity contribution < 1.29 is 27.2 Å². The van der Waals surface area contributed by atoms with Gasteiger partial charge in [0.1, 0.15) is 22.6 Å². The van der Waals surface area contributed by atoms with Crippen LogP contribution in [0.3, 0.4) is 0 Å². The number of pyridine rings is 3. The van der Waals surface area contributed by atoms with E-state index in [0.717, 1.165) is 4.85 Å². The van der Waals surface area contributed by atoms with Crippen LogP contribution in [0.15, 0.2) is 47.5 Å². The van der Waals surface area contributed by atoms with Gasteiger partial charge in [-0.2, -0.15) is 4.98 Å². The monoisotopic (exact) mass is 471 g/mol. The van der Waals surface area contributed by atoms with Crippen LogP contribution in [-0.4, -0.2) is 35.6 Å². The fraction of sp³-hybridized carbons (Fsp3) is 0. The smallest absolute Gasteiger partial charge is 0.286 e. The summed E-state index contributed by atoms with van der Waals surface area (Å²) in [7, 11) is 0. The molecule has 0 fully saturated rings. The number of halogens is 4. The molecule has 0 saturated heterocycles. The highest BCUT2D eigenvalue weighted by molar-refractivity contribution is 5.96. The van der Waals surface area contributed by atoms with Crippen molar-refractivity contribution in [3.05, 3.63) is 81.8 Å². The summed E-state index contributed by atoms with van der Waals surface area (Å²) in [5.74, 6) is -7.20. The molecule has 5 aromatic rings. The predicted molar refractivity (Wildman–Crippen MR) is 107 cm³/mol. The number of nitrogens with zero attached hydrogens (tertiary/aromatic N) is 6. The molecule has 14 heteroatoms. The second-order valence-electron chi connectivity index (χ2n) is 6.87. The molecule has 170 valence electrons. The minimum atomic E-state index is -1.39. The fourth-order valence-corrected chi connectivity index (χ4v) is 3.27. The Balaban J connectivity index is 1.80. The molecule has 2 N–H and O–H groups in total. The summed E-state index contributed by atoms with van der Waals surface area (Å²) in [6.07, 6.45) is 2.12. The van der Waals surface area contributed by atoms with Gasteiger partial charge in [-0.25, -0.2) is 22.5 Å². The van der Waals surface area contributed by atoms with Crippen molar-refractivity contribution in [3.8, 4) is 11.6 Å². The summed E-state index contributed by atoms with van der Waals surface area (Å²) in [5, 5.41) is 6.90. The van der Waals surface area contributed by atoms with E-state index in [1.165, 1.54) is 6.20 Å². The quantitative estimate of drug-likeness (QED) is 0.397. The third-order valence-electron chi connectivity index (χ3n) is 4.74. The Morgan fingerprint density at radius 3 is 2.47 bits per heavy atom. The van der Waals surface area contributed by atoms with Crippen LogP contribution >= 0.6 is 0 Å². The van der Waals surface area contributed by atoms with Crippen LogP contribution in [0.5, 0.6) is 5.88 Å². The highest BCUT2D eigenvalue weighted by Crippen LogP contribution is 2.26. The third-order valence-corrected chi connectivity index (χ3v) is 4.74. The number of fused-ring (bicyclic) bond motifs is 2. The highest BCUT2D eigenvalue weighted by Gasteiger charge is 2.23. The number of rotatable bonds is 4. The number of hydrogen-bond donors (Lipinski definition) is 1. The lowest BCUT2D eigenvalue weighted by molar-refractivity contribution is 0.0999. The molecular weight excluding hydrogens is 462 g/mol. The van der Waals surface area contributed by atoms with Crippen molar-refractivity contribution >= 4 is 28.1 Å². The topological polar surface area (TPSA) is 131 Å². The van der Waals surface area contributed by atoms with Crippen LogP contribution < -0.4 is 16.0 Å². The number of aromatic nitrogens is 6. The number of primary amides is 1. The van der Waals surface area contributed by atoms with Crippen molar-refractivity contribution in [1.82, 2.24) is 29.7 Å². The summed E-state index contributed by atoms with van der Waals surface area (Å²) in [6.45, 7) is 0. The average molecular weight is 471 g/mol. The van der Waals surface area contributed by atoms with E-state index in [-0.39, 0.29) is 5.65 Å². The fourth-order valence-electron chi connectivity index (χ4n) is 3.27. The van der Waals surface area contributed by atoms with Crippen molar-refractivity contribution in [2.75, 3.05) is 0 Å². The van der Waals surface area contributed by atoms with Gasteiger partial charge in [0, 0.05) is 24.5 Å². The Labute approximate surface area is 184 Å². The number of amides is 1. The van der Waals surface area contributed by atoms with E-state index < -0.39 is 62.8 Å². The molecule has 4 heterocycles. The van der Waals surface area contributed by atoms with Crippen LogP contribution in [0.4, 0.5) is 17.6 Å². The second-order valence-corrected chi connectivity index (χ2v) is 6.87. The Morgan fingerprint density at radius 2 is 1.76 bits per heavy atom. The maximum Gasteiger partial charge on any atom is 0.286 e. The first-order chi connectivity index (χ1) is 16.2. The van der Waals surface area contributed by atoms with Crippen LogP contribution in [0.25, 0.3) is 27.9 Å². The Morgan fingerprint density at radius 1 is 1.03 bits per heavy atom. The second kappa shape index (κ2) is 7.61. The van der Waals surface area contributed by atoms with Gasteiger partial charge in [-0.05, 0) is 23.4 Å². The molecule has 10 nitrogen and oxygen atoms in total. The van der Waals surface area contributed by atoms with Crippen molar-refractivity contribution in [2.24, 2.45) is 5.73 Å². The lowest BCUT2D eigenvalue weighted by atomic mass is 10.1. The molecule has 0 spiro atoms. The largest absolute Gasteiger partial charge is 0.365 e. The highest BCUT2D eigenvalue weighted by atomic mass is 19.1. The summed E-state index contributed by atoms with van der Waals surface area (Å²) in [5.41, 5.74) is 2.43. The number of carbonyl (C=O) groups excluding carboxylic acids is 1. The minimum absolute atomic E-state index is 0.0980. The zero-order chi connectivity index (χ0) is 24.1. The van der Waals surface area contributed by atoms with E-state index in [1.54, 1.807) is 12.1 Å². The molecule has 0 radical (unpaired) electrons. The Bertz CT molecular complexity index is 1680. The molecule has 1 amide bonds. The van der Waals surface area contributed by atoms with Crippen LogP contribution in [0.1, 0.15) is 10.4 Å². The SMILES string of the molecule is NC(=O)c1cn(-c2c(F)cc(F)cc2F)c2nc(On3nnc4cccnc43)c(F)cc2c1=O. The molecule has 0 atom stereocenters. The average Bonchev–Trinajstić information content (AvgIpc) is 3.18. The third kappa shape index (κ3) is 3.28. The molecule has 0 aliphatic carbocycles. The summed E-state index contributed by atoms with van der Waals surface area (Å²) in [4.78, 5) is 38.3. The van der Waals surface area contributed by atoms with Gasteiger partial charge in [0.2, 0.25) is 11.1 Å². The maximum absolute atomic E-state index is 14.8. The van der Waals surface area contributed by atoms with E-state index in [9.17, 15) is 27.2 Å². The zero-order valence-corrected chi connectivity index (χ0v) is 16.5. The Kier molecular flexibility index (Phi) is 4.70. The maximum atomic E-state index is 14.8. The number of carbonyl (C=O) groups is 1. The van der Waals surface area contributed by atoms with Gasteiger partial charge in [0.05, 0.1) is 5.39 Å². The van der Waals surface area contributed by atoms with Crippen molar-refractivity contribution in [3.63, 3.8) is 0 Å². The molecule has 0 aliphatic rings. The lowest BCUT2D eigenvalue weighted by Crippen LogP contribution is -2.25. The molecule has 0 unspecified atom stereocenters. The van der Waals surface area contributed by atoms with Crippen LogP contribution in [0.2, 0.25) is 0 Å². The molecular formula is C20H9F4N7O3. The standard InChI is InChI=1S/C20H9F4N7O3/c21-8-4-11(22)15(12(23)5-8)30-7-10(17(25)33)16(32)9-6-13(24)20(27-18(9)30)34-31-19-14(28-29-31)2-1-3-26-19/h1-7H,(H2,25,33). The summed E-state index contributed by atoms with van der Waals surface area (Å²) in [6, 6.07) is 4.54. The minimum Gasteiger partial charge on any atom is -0.365 e. The van der Waals surface area contributed by atoms with E-state index in [0.29, 0.717) is 34.5 Å². The number of nitrogens with two attached hydrogens (primary N) is 1. The predicted octanol–water partition coefficient (Wildman–Crippen LogP) is 2.02. The van der Waals surface area contributed by atoms with Gasteiger partial charge in [-0.15, -0.1) is 5.10 Å². The Hall–Kier alpha value is -4.88. The van der Waals surface area contributed by atoms with Crippen LogP contribution in [-0.2, 0) is 0 Å². The normalized spacial score (nSPS) is 11.3. The van der Waals surface area contributed by atoms with Gasteiger partial charge >= 0.3 is 0 Å². The molecule has 34 heavy (non-hydrogen) atoms. The first-order valence-electron chi connectivity index (χ1n) is 9.30. The first kappa shape index (κ1) is 21.0. The summed E-state index contributed by atoms with van der Waals surface area (Å²) < 4.78 is 58.0. The zero-order valence-electron chi connectivity index (χ0n) is 16.5. The van der Waals surface area contributed by atoms with Crippen molar-refractivity contribution in [2.45, 2.75) is 0 Å². The summed E-state index contributed by atoms with van der Waals surface area (Å²) >= 11 is 0. The first-order valence-corrected chi connectivity index (χ1v) is 9.30. The molecule has 5 rings (SSSR count). The van der Waals surface area contributed by atoms with Gasteiger partial charge in [0.25, 0.3) is 11.8 Å². The molecule has 1 aromatic carbocycles. The molecule has 4 aromatic heterocycles. The van der Waals surface area contributed by atoms with Gasteiger partial charge in [-0.3, -0.25) is 14.2 Å². The van der Waals surface area contributed by atoms with Crippen molar-refractivity contribution in [1.29, 1.82) is 0 Å². The van der Waals surface area contributed by atoms with Gasteiger partial charge in [-0.1, -0.05) is 4.85 Å². The van der Waals surface area contributed by atoms with Crippen LogP contribution in [0, 0.1) is 23.3 Å². The van der Waals surface area contributed by atoms with E-state index in [1.807, 2.05) is 0 Å². The van der Waals surface area contributed by atoms with E-state index >= 15 is 0 Å². The molecule has 0 aliphatic heterocycles. The molecule has 0 saturated carbocycles. The number of hydrogen-bond acceptors (Lipinski definition) is 7. The van der Waals surface area contributed by atoms with E-state index in [4.69, 9.17) is 10.6 Å². The van der Waals surface area contributed by atoms with Gasteiger partial charge in [0.15, 0.2) is 23.1 Å².